The van der Waals surface area contributed by atoms with Crippen LogP contribution in [0.15, 0.2) is 0 Å². The van der Waals surface area contributed by atoms with Crippen molar-refractivity contribution in [1.29, 1.82) is 0 Å². The highest BCUT2D eigenvalue weighted by molar-refractivity contribution is 7.99. The molecular weight excluding hydrogens is 252 g/mol. The van der Waals surface area contributed by atoms with Crippen molar-refractivity contribution in [3.63, 3.8) is 0 Å². The van der Waals surface area contributed by atoms with Gasteiger partial charge in [-0.15, -0.1) is 0 Å². The van der Waals surface area contributed by atoms with Crippen LogP contribution in [0.4, 0.5) is 0 Å². The minimum atomic E-state index is -2.12. The number of nitrogens with zero attached hydrogens (tertiary/aromatic N) is 2. The van der Waals surface area contributed by atoms with E-state index < -0.39 is 8.72 Å². The van der Waals surface area contributed by atoms with Crippen molar-refractivity contribution < 1.29 is 8.85 Å². The van der Waals surface area contributed by atoms with Gasteiger partial charge < -0.3 is 13.8 Å². The van der Waals surface area contributed by atoms with Crippen LogP contribution in [0.25, 0.3) is 0 Å². The minimum Gasteiger partial charge on any atom is -0.382 e. The molecule has 2 unspecified atom stereocenters. The second-order valence-corrected chi connectivity index (χ2v) is 9.14. The maximum absolute atomic E-state index is 6.26. The molecule has 4 nitrogen and oxygen atoms in total. The Morgan fingerprint density at radius 2 is 1.94 bits per heavy atom. The molecule has 0 bridgehead atoms. The Kier molecular flexibility index (Phi) is 4.91. The molecule has 2 saturated heterocycles. The maximum atomic E-state index is 6.26. The lowest BCUT2D eigenvalue weighted by molar-refractivity contribution is 0.0730. The van der Waals surface area contributed by atoms with Gasteiger partial charge in [0.15, 0.2) is 0 Å². The van der Waals surface area contributed by atoms with Crippen LogP contribution in [-0.4, -0.2) is 75.6 Å². The van der Waals surface area contributed by atoms with Crippen molar-refractivity contribution >= 4 is 20.5 Å². The van der Waals surface area contributed by atoms with E-state index in [2.05, 4.69) is 30.0 Å². The van der Waals surface area contributed by atoms with Gasteiger partial charge in [-0.25, -0.2) is 0 Å². The molecule has 2 rings (SSSR count). The quantitative estimate of drug-likeness (QED) is 0.665. The molecule has 0 aromatic heterocycles. The van der Waals surface area contributed by atoms with E-state index in [0.29, 0.717) is 6.10 Å². The summed E-state index contributed by atoms with van der Waals surface area (Å²) in [7, 11) is 0.0632. The first-order valence-corrected chi connectivity index (χ1v) is 9.85. The molecule has 100 valence electrons. The van der Waals surface area contributed by atoms with Crippen molar-refractivity contribution in [3.05, 3.63) is 0 Å². The normalized spacial score (nSPS) is 38.6. The van der Waals surface area contributed by atoms with E-state index in [4.69, 9.17) is 8.85 Å². The van der Waals surface area contributed by atoms with Crippen LogP contribution in [0.2, 0.25) is 6.55 Å². The molecule has 2 heterocycles. The van der Waals surface area contributed by atoms with Crippen molar-refractivity contribution in [2.75, 3.05) is 51.3 Å². The predicted octanol–water partition coefficient (Wildman–Crippen LogP) is 0.971. The Labute approximate surface area is 110 Å². The summed E-state index contributed by atoms with van der Waals surface area (Å²) in [6, 6.07) is 0. The second-order valence-electron chi connectivity index (χ2n) is 5.04. The zero-order valence-electron chi connectivity index (χ0n) is 11.1. The molecule has 2 atom stereocenters. The fourth-order valence-electron chi connectivity index (χ4n) is 2.36. The van der Waals surface area contributed by atoms with E-state index in [1.54, 1.807) is 0 Å². The molecule has 0 radical (unpaired) electrons. The van der Waals surface area contributed by atoms with Crippen LogP contribution in [-0.2, 0) is 8.85 Å². The Morgan fingerprint density at radius 1 is 1.24 bits per heavy atom. The number of thioether (sulfide) groups is 1. The Hall–Kier alpha value is 0.407. The second kappa shape index (κ2) is 6.03. The Bertz CT molecular complexity index is 252. The SMILES string of the molecule is CC1CSCCO[Si](C)(N2CCN(C)CC2)O1. The van der Waals surface area contributed by atoms with Gasteiger partial charge in [-0.3, -0.25) is 4.57 Å². The highest BCUT2D eigenvalue weighted by Gasteiger charge is 2.42. The number of hydrogen-bond donors (Lipinski definition) is 0. The lowest BCUT2D eigenvalue weighted by Gasteiger charge is -2.43. The first-order chi connectivity index (χ1) is 8.10. The summed E-state index contributed by atoms with van der Waals surface area (Å²) in [5.74, 6) is 2.20. The Balaban J connectivity index is 1.98. The van der Waals surface area contributed by atoms with E-state index in [1.165, 1.54) is 0 Å². The summed E-state index contributed by atoms with van der Waals surface area (Å²) in [4.78, 5) is 2.37. The lowest BCUT2D eigenvalue weighted by Crippen LogP contribution is -2.63. The van der Waals surface area contributed by atoms with Crippen LogP contribution < -0.4 is 0 Å². The van der Waals surface area contributed by atoms with E-state index in [0.717, 1.165) is 44.3 Å². The molecule has 0 N–H and O–H groups in total. The predicted molar refractivity (Wildman–Crippen MR) is 74.5 cm³/mol. The monoisotopic (exact) mass is 276 g/mol. The zero-order valence-corrected chi connectivity index (χ0v) is 13.0. The molecule has 0 aromatic carbocycles. The minimum absolute atomic E-state index is 0.316. The molecule has 2 aliphatic rings. The highest BCUT2D eigenvalue weighted by Crippen LogP contribution is 2.22. The molecule has 0 aliphatic carbocycles. The third kappa shape index (κ3) is 3.68. The molecule has 0 aromatic rings. The number of hydrogen-bond acceptors (Lipinski definition) is 5. The van der Waals surface area contributed by atoms with E-state index in [9.17, 15) is 0 Å². The van der Waals surface area contributed by atoms with Gasteiger partial charge in [0.1, 0.15) is 0 Å². The smallest absolute Gasteiger partial charge is 0.382 e. The topological polar surface area (TPSA) is 24.9 Å². The van der Waals surface area contributed by atoms with Gasteiger partial charge in [0.05, 0.1) is 6.10 Å². The number of piperazine rings is 1. The molecule has 0 amide bonds. The van der Waals surface area contributed by atoms with Crippen LogP contribution in [0, 0.1) is 0 Å². The summed E-state index contributed by atoms with van der Waals surface area (Å²) >= 11 is 1.93. The maximum Gasteiger partial charge on any atom is 0.424 e. The van der Waals surface area contributed by atoms with E-state index >= 15 is 0 Å². The fourth-order valence-corrected chi connectivity index (χ4v) is 6.12. The highest BCUT2D eigenvalue weighted by atomic mass is 32.2. The van der Waals surface area contributed by atoms with Crippen LogP contribution in [0.1, 0.15) is 6.92 Å². The number of rotatable bonds is 1. The number of likely N-dealkylation sites (N-methyl/N-ethyl adjacent to an activating group) is 1. The Morgan fingerprint density at radius 3 is 2.65 bits per heavy atom. The van der Waals surface area contributed by atoms with Crippen molar-refractivity contribution in [3.8, 4) is 0 Å². The van der Waals surface area contributed by atoms with Crippen molar-refractivity contribution in [2.45, 2.75) is 19.6 Å². The van der Waals surface area contributed by atoms with Gasteiger partial charge in [0.25, 0.3) is 0 Å². The molecule has 2 aliphatic heterocycles. The first kappa shape index (κ1) is 13.8. The third-order valence-corrected chi connectivity index (χ3v) is 7.78. The third-order valence-electron chi connectivity index (χ3n) is 3.45. The fraction of sp³-hybridized carbons (Fsp3) is 1.00. The molecule has 17 heavy (non-hydrogen) atoms. The average molecular weight is 276 g/mol. The van der Waals surface area contributed by atoms with Gasteiger partial charge in [-0.1, -0.05) is 0 Å². The first-order valence-electron chi connectivity index (χ1n) is 6.43. The molecule has 0 spiro atoms. The standard InChI is InChI=1S/C11H24N2O2SSi/c1-11-10-16-9-8-14-17(3,15-11)13-6-4-12(2)5-7-13/h11H,4-10H2,1-3H3. The molecule has 6 heteroatoms. The summed E-state index contributed by atoms with van der Waals surface area (Å²) in [6.07, 6.45) is 0.316. The van der Waals surface area contributed by atoms with E-state index in [1.807, 2.05) is 11.8 Å². The average Bonchev–Trinajstić information content (AvgIpc) is 2.27. The zero-order chi connectivity index (χ0) is 12.3. The van der Waals surface area contributed by atoms with Gasteiger partial charge >= 0.3 is 8.72 Å². The van der Waals surface area contributed by atoms with Gasteiger partial charge in [0.2, 0.25) is 0 Å². The van der Waals surface area contributed by atoms with Gasteiger partial charge in [-0.2, -0.15) is 11.8 Å². The molecule has 2 fully saturated rings. The lowest BCUT2D eigenvalue weighted by atomic mass is 10.4. The van der Waals surface area contributed by atoms with Crippen molar-refractivity contribution in [2.24, 2.45) is 0 Å². The summed E-state index contributed by atoms with van der Waals surface area (Å²) in [5.41, 5.74) is 0. The van der Waals surface area contributed by atoms with Crippen LogP contribution in [0.3, 0.4) is 0 Å². The van der Waals surface area contributed by atoms with Gasteiger partial charge in [-0.05, 0) is 20.5 Å². The van der Waals surface area contributed by atoms with E-state index in [-0.39, 0.29) is 0 Å². The molecule has 0 saturated carbocycles. The molecular formula is C11H24N2O2SSi. The van der Waals surface area contributed by atoms with Gasteiger partial charge in [0, 0.05) is 44.3 Å². The van der Waals surface area contributed by atoms with Crippen LogP contribution >= 0.6 is 11.8 Å². The van der Waals surface area contributed by atoms with Crippen LogP contribution in [0.5, 0.6) is 0 Å². The van der Waals surface area contributed by atoms with Crippen molar-refractivity contribution in [1.82, 2.24) is 9.47 Å². The summed E-state index contributed by atoms with van der Waals surface area (Å²) in [5, 5.41) is 0. The summed E-state index contributed by atoms with van der Waals surface area (Å²) < 4.78 is 14.8. The summed E-state index contributed by atoms with van der Waals surface area (Å²) in [6.45, 7) is 9.63. The largest absolute Gasteiger partial charge is 0.424 e.